The van der Waals surface area contributed by atoms with Gasteiger partial charge in [0.1, 0.15) is 5.75 Å². The van der Waals surface area contributed by atoms with Crippen LogP contribution in [0, 0.1) is 0 Å². The number of carbonyl (C=O) groups excluding carboxylic acids is 1. The first kappa shape index (κ1) is 12.0. The lowest BCUT2D eigenvalue weighted by Gasteiger charge is -2.07. The first-order chi connectivity index (χ1) is 8.60. The Morgan fingerprint density at radius 3 is 2.83 bits per heavy atom. The molecule has 0 saturated carbocycles. The summed E-state index contributed by atoms with van der Waals surface area (Å²) in [5.74, 6) is 0.349. The van der Waals surface area contributed by atoms with Gasteiger partial charge in [0.25, 0.3) is 5.91 Å². The maximum absolute atomic E-state index is 11.9. The van der Waals surface area contributed by atoms with Gasteiger partial charge in [0.05, 0.1) is 24.6 Å². The second-order valence-electron chi connectivity index (χ2n) is 3.81. The van der Waals surface area contributed by atoms with Crippen LogP contribution in [0.4, 0.5) is 11.4 Å². The van der Waals surface area contributed by atoms with Gasteiger partial charge in [0, 0.05) is 18.9 Å². The summed E-state index contributed by atoms with van der Waals surface area (Å²) in [5.41, 5.74) is 7.34. The van der Waals surface area contributed by atoms with Crippen LogP contribution in [0.25, 0.3) is 0 Å². The number of nitrogens with one attached hydrogen (secondary N) is 1. The predicted molar refractivity (Wildman–Crippen MR) is 68.6 cm³/mol. The van der Waals surface area contributed by atoms with Gasteiger partial charge >= 0.3 is 0 Å². The lowest BCUT2D eigenvalue weighted by Crippen LogP contribution is -2.11. The van der Waals surface area contributed by atoms with E-state index in [-0.39, 0.29) is 5.91 Å². The number of hydrogen-bond donors (Lipinski definition) is 2. The lowest BCUT2D eigenvalue weighted by atomic mass is 10.2. The Labute approximate surface area is 104 Å². The molecule has 6 nitrogen and oxygen atoms in total. The quantitative estimate of drug-likeness (QED) is 0.799. The van der Waals surface area contributed by atoms with Crippen molar-refractivity contribution in [3.8, 4) is 5.75 Å². The first-order valence-corrected chi connectivity index (χ1v) is 5.33. The van der Waals surface area contributed by atoms with E-state index in [1.807, 2.05) is 0 Å². The van der Waals surface area contributed by atoms with Crippen LogP contribution in [0.1, 0.15) is 10.4 Å². The Bertz CT molecular complexity index is 577. The van der Waals surface area contributed by atoms with Crippen molar-refractivity contribution in [1.29, 1.82) is 0 Å². The van der Waals surface area contributed by atoms with E-state index in [0.29, 0.717) is 22.7 Å². The number of nitrogens with zero attached hydrogens (tertiary/aromatic N) is 2. The molecule has 0 spiro atoms. The third kappa shape index (κ3) is 2.42. The summed E-state index contributed by atoms with van der Waals surface area (Å²) in [5, 5.41) is 6.67. The average Bonchev–Trinajstić information content (AvgIpc) is 2.76. The van der Waals surface area contributed by atoms with Gasteiger partial charge in [-0.15, -0.1) is 0 Å². The van der Waals surface area contributed by atoms with Gasteiger partial charge in [-0.05, 0) is 18.2 Å². The molecule has 1 aromatic heterocycles. The molecule has 2 rings (SSSR count). The number of aromatic nitrogens is 2. The van der Waals surface area contributed by atoms with E-state index in [4.69, 9.17) is 10.5 Å². The molecule has 1 amide bonds. The van der Waals surface area contributed by atoms with Gasteiger partial charge in [-0.1, -0.05) is 0 Å². The van der Waals surface area contributed by atoms with Crippen molar-refractivity contribution in [3.63, 3.8) is 0 Å². The van der Waals surface area contributed by atoms with E-state index in [1.165, 1.54) is 6.20 Å². The molecule has 6 heteroatoms. The smallest absolute Gasteiger partial charge is 0.258 e. The highest BCUT2D eigenvalue weighted by Crippen LogP contribution is 2.24. The molecule has 0 atom stereocenters. The van der Waals surface area contributed by atoms with Crippen molar-refractivity contribution in [2.45, 2.75) is 0 Å². The molecular weight excluding hydrogens is 232 g/mol. The molecule has 0 aliphatic rings. The molecule has 0 bridgehead atoms. The normalized spacial score (nSPS) is 10.1. The largest absolute Gasteiger partial charge is 0.495 e. The zero-order chi connectivity index (χ0) is 13.1. The number of amides is 1. The Morgan fingerprint density at radius 1 is 1.50 bits per heavy atom. The van der Waals surface area contributed by atoms with Crippen LogP contribution in [0.2, 0.25) is 0 Å². The maximum Gasteiger partial charge on any atom is 0.258 e. The number of hydrogen-bond acceptors (Lipinski definition) is 4. The van der Waals surface area contributed by atoms with Gasteiger partial charge < -0.3 is 15.8 Å². The highest BCUT2D eigenvalue weighted by Gasteiger charge is 2.09. The number of rotatable bonds is 3. The molecule has 0 aliphatic heterocycles. The van der Waals surface area contributed by atoms with Crippen molar-refractivity contribution in [1.82, 2.24) is 9.78 Å². The molecule has 0 saturated heterocycles. The second-order valence-corrected chi connectivity index (χ2v) is 3.81. The Kier molecular flexibility index (Phi) is 3.18. The number of methoxy groups -OCH3 is 1. The number of anilines is 2. The number of benzene rings is 1. The van der Waals surface area contributed by atoms with Crippen LogP contribution >= 0.6 is 0 Å². The fraction of sp³-hybridized carbons (Fsp3) is 0.167. The number of carbonyl (C=O) groups is 1. The van der Waals surface area contributed by atoms with Crippen LogP contribution in [0.5, 0.6) is 5.75 Å². The summed E-state index contributed by atoms with van der Waals surface area (Å²) in [4.78, 5) is 11.9. The van der Waals surface area contributed by atoms with Gasteiger partial charge in [0.15, 0.2) is 0 Å². The number of nitrogen functional groups attached to an aromatic ring is 1. The molecular formula is C12H14N4O2. The molecule has 2 aromatic rings. The monoisotopic (exact) mass is 246 g/mol. The van der Waals surface area contributed by atoms with Crippen molar-refractivity contribution in [2.24, 2.45) is 7.05 Å². The second kappa shape index (κ2) is 4.79. The fourth-order valence-corrected chi connectivity index (χ4v) is 1.55. The molecule has 0 unspecified atom stereocenters. The highest BCUT2D eigenvalue weighted by molar-refractivity contribution is 6.04. The molecule has 1 aromatic carbocycles. The molecule has 18 heavy (non-hydrogen) atoms. The topological polar surface area (TPSA) is 82.2 Å². The van der Waals surface area contributed by atoms with Gasteiger partial charge in [-0.2, -0.15) is 5.10 Å². The SMILES string of the molecule is COc1ccc(NC(=O)c2cnn(C)c2)cc1N. The minimum atomic E-state index is -0.229. The van der Waals surface area contributed by atoms with Crippen molar-refractivity contribution in [3.05, 3.63) is 36.2 Å². The molecule has 94 valence electrons. The predicted octanol–water partition coefficient (Wildman–Crippen LogP) is 1.26. The third-order valence-corrected chi connectivity index (χ3v) is 2.45. The fourth-order valence-electron chi connectivity index (χ4n) is 1.55. The minimum Gasteiger partial charge on any atom is -0.495 e. The number of ether oxygens (including phenoxy) is 1. The standard InChI is InChI=1S/C12H14N4O2/c1-16-7-8(6-14-16)12(17)15-9-3-4-11(18-2)10(13)5-9/h3-7H,13H2,1-2H3,(H,15,17). The number of nitrogens with two attached hydrogens (primary N) is 1. The Balaban J connectivity index is 2.14. The van der Waals surface area contributed by atoms with E-state index >= 15 is 0 Å². The summed E-state index contributed by atoms with van der Waals surface area (Å²) in [6.45, 7) is 0. The number of aryl methyl sites for hydroxylation is 1. The van der Waals surface area contributed by atoms with E-state index in [0.717, 1.165) is 0 Å². The summed E-state index contributed by atoms with van der Waals surface area (Å²) in [6.07, 6.45) is 3.14. The zero-order valence-electron chi connectivity index (χ0n) is 10.2. The summed E-state index contributed by atoms with van der Waals surface area (Å²) in [6, 6.07) is 5.07. The van der Waals surface area contributed by atoms with E-state index in [1.54, 1.807) is 43.2 Å². The van der Waals surface area contributed by atoms with Crippen molar-refractivity contribution < 1.29 is 9.53 Å². The van der Waals surface area contributed by atoms with E-state index in [2.05, 4.69) is 10.4 Å². The zero-order valence-corrected chi connectivity index (χ0v) is 10.2. The third-order valence-electron chi connectivity index (χ3n) is 2.45. The summed E-state index contributed by atoms with van der Waals surface area (Å²) >= 11 is 0. The van der Waals surface area contributed by atoms with E-state index < -0.39 is 0 Å². The van der Waals surface area contributed by atoms with Crippen LogP contribution in [0.15, 0.2) is 30.6 Å². The van der Waals surface area contributed by atoms with Crippen LogP contribution in [-0.2, 0) is 7.05 Å². The molecule has 0 aliphatic carbocycles. The van der Waals surface area contributed by atoms with Crippen LogP contribution < -0.4 is 15.8 Å². The minimum absolute atomic E-state index is 0.229. The van der Waals surface area contributed by atoms with Crippen LogP contribution in [-0.4, -0.2) is 22.8 Å². The summed E-state index contributed by atoms with van der Waals surface area (Å²) < 4.78 is 6.61. The summed E-state index contributed by atoms with van der Waals surface area (Å²) in [7, 11) is 3.29. The van der Waals surface area contributed by atoms with Crippen molar-refractivity contribution in [2.75, 3.05) is 18.2 Å². The molecule has 1 heterocycles. The van der Waals surface area contributed by atoms with Gasteiger partial charge in [-0.3, -0.25) is 9.48 Å². The molecule has 3 N–H and O–H groups in total. The Morgan fingerprint density at radius 2 is 2.28 bits per heavy atom. The average molecular weight is 246 g/mol. The first-order valence-electron chi connectivity index (χ1n) is 5.33. The van der Waals surface area contributed by atoms with Crippen LogP contribution in [0.3, 0.4) is 0 Å². The van der Waals surface area contributed by atoms with Gasteiger partial charge in [-0.25, -0.2) is 0 Å². The highest BCUT2D eigenvalue weighted by atomic mass is 16.5. The Hall–Kier alpha value is -2.50. The molecule has 0 radical (unpaired) electrons. The maximum atomic E-state index is 11.9. The van der Waals surface area contributed by atoms with E-state index in [9.17, 15) is 4.79 Å². The molecule has 0 fully saturated rings. The van der Waals surface area contributed by atoms with Gasteiger partial charge in [0.2, 0.25) is 0 Å². The van der Waals surface area contributed by atoms with Crippen molar-refractivity contribution >= 4 is 17.3 Å². The lowest BCUT2D eigenvalue weighted by molar-refractivity contribution is 0.102.